The second-order valence-electron chi connectivity index (χ2n) is 6.57. The molecule has 0 atom stereocenters. The minimum atomic E-state index is -0.565. The number of ether oxygens (including phenoxy) is 1. The van der Waals surface area contributed by atoms with Gasteiger partial charge >= 0.3 is 5.97 Å². The molecule has 0 aliphatic rings. The van der Waals surface area contributed by atoms with Gasteiger partial charge in [0.05, 0.1) is 5.56 Å². The van der Waals surface area contributed by atoms with Crippen molar-refractivity contribution < 1.29 is 14.3 Å². The third kappa shape index (κ3) is 4.52. The number of benzene rings is 2. The number of hydrogen-bond donors (Lipinski definition) is 0. The van der Waals surface area contributed by atoms with Crippen LogP contribution in [0.2, 0.25) is 0 Å². The molecule has 0 unspecified atom stereocenters. The number of esters is 1. The molecule has 23 heavy (non-hydrogen) atoms. The van der Waals surface area contributed by atoms with Crippen molar-refractivity contribution in [3.05, 3.63) is 70.8 Å². The number of ketones is 1. The number of carbonyl (C=O) groups excluding carboxylic acids is 2. The molecule has 2 rings (SSSR count). The predicted molar refractivity (Wildman–Crippen MR) is 90.8 cm³/mol. The number of hydrogen-bond acceptors (Lipinski definition) is 3. The first-order chi connectivity index (χ1) is 10.8. The van der Waals surface area contributed by atoms with E-state index >= 15 is 0 Å². The average Bonchev–Trinajstić information content (AvgIpc) is 2.46. The van der Waals surface area contributed by atoms with Gasteiger partial charge in [-0.2, -0.15) is 0 Å². The van der Waals surface area contributed by atoms with Gasteiger partial charge in [0.1, 0.15) is 5.60 Å². The van der Waals surface area contributed by atoms with Gasteiger partial charge in [0.2, 0.25) is 0 Å². The first-order valence-electron chi connectivity index (χ1n) is 7.68. The molecule has 0 fully saturated rings. The summed E-state index contributed by atoms with van der Waals surface area (Å²) in [5.41, 5.74) is 2.20. The second kappa shape index (κ2) is 6.78. The summed E-state index contributed by atoms with van der Waals surface area (Å²) in [6.07, 6.45) is 0.181. The molecule has 0 aliphatic carbocycles. The van der Waals surface area contributed by atoms with Crippen LogP contribution in [0.1, 0.15) is 52.6 Å². The van der Waals surface area contributed by atoms with E-state index in [0.29, 0.717) is 16.7 Å². The molecule has 0 aliphatic heterocycles. The zero-order chi connectivity index (χ0) is 17.0. The lowest BCUT2D eigenvalue weighted by Crippen LogP contribution is -2.24. The minimum absolute atomic E-state index is 0.000825. The summed E-state index contributed by atoms with van der Waals surface area (Å²) in [6.45, 7) is 7.39. The van der Waals surface area contributed by atoms with E-state index in [2.05, 4.69) is 0 Å². The molecule has 3 nitrogen and oxygen atoms in total. The van der Waals surface area contributed by atoms with Crippen molar-refractivity contribution in [2.24, 2.45) is 0 Å². The highest BCUT2D eigenvalue weighted by atomic mass is 16.6. The topological polar surface area (TPSA) is 43.4 Å². The molecule has 0 spiro atoms. The molecular formula is C20H22O3. The number of rotatable bonds is 4. The maximum absolute atomic E-state index is 12.5. The first kappa shape index (κ1) is 16.9. The number of Topliss-reactive ketones (excluding diaryl/α,β-unsaturated/α-hetero) is 1. The largest absolute Gasteiger partial charge is 0.456 e. The summed E-state index contributed by atoms with van der Waals surface area (Å²) < 4.78 is 5.43. The average molecular weight is 310 g/mol. The molecule has 0 radical (unpaired) electrons. The fourth-order valence-corrected chi connectivity index (χ4v) is 2.36. The van der Waals surface area contributed by atoms with Gasteiger partial charge in [-0.1, -0.05) is 42.5 Å². The van der Waals surface area contributed by atoms with E-state index in [9.17, 15) is 9.59 Å². The SMILES string of the molecule is Cc1ccccc1C(=O)Cc1ccccc1C(=O)OC(C)(C)C. The quantitative estimate of drug-likeness (QED) is 0.622. The third-order valence-electron chi connectivity index (χ3n) is 3.43. The van der Waals surface area contributed by atoms with Gasteiger partial charge in [-0.15, -0.1) is 0 Å². The molecular weight excluding hydrogens is 288 g/mol. The van der Waals surface area contributed by atoms with E-state index in [1.807, 2.05) is 58.0 Å². The third-order valence-corrected chi connectivity index (χ3v) is 3.43. The van der Waals surface area contributed by atoms with Crippen molar-refractivity contribution in [3.63, 3.8) is 0 Å². The fourth-order valence-electron chi connectivity index (χ4n) is 2.36. The summed E-state index contributed by atoms with van der Waals surface area (Å²) in [6, 6.07) is 14.6. The normalized spacial score (nSPS) is 11.1. The lowest BCUT2D eigenvalue weighted by molar-refractivity contribution is 0.00686. The summed E-state index contributed by atoms with van der Waals surface area (Å²) in [5.74, 6) is -0.398. The van der Waals surface area contributed by atoms with Gasteiger partial charge in [0, 0.05) is 12.0 Å². The highest BCUT2D eigenvalue weighted by molar-refractivity contribution is 6.01. The van der Waals surface area contributed by atoms with Gasteiger partial charge < -0.3 is 4.74 Å². The Morgan fingerprint density at radius 1 is 0.913 bits per heavy atom. The predicted octanol–water partition coefficient (Wildman–Crippen LogP) is 4.38. The van der Waals surface area contributed by atoms with Crippen LogP contribution >= 0.6 is 0 Å². The Morgan fingerprint density at radius 3 is 2.09 bits per heavy atom. The second-order valence-corrected chi connectivity index (χ2v) is 6.57. The monoisotopic (exact) mass is 310 g/mol. The fraction of sp³-hybridized carbons (Fsp3) is 0.300. The van der Waals surface area contributed by atoms with Crippen LogP contribution in [0.25, 0.3) is 0 Å². The Kier molecular flexibility index (Phi) is 4.99. The maximum Gasteiger partial charge on any atom is 0.338 e. The number of carbonyl (C=O) groups is 2. The van der Waals surface area contributed by atoms with Crippen molar-refractivity contribution >= 4 is 11.8 Å². The van der Waals surface area contributed by atoms with Crippen LogP contribution in [0.15, 0.2) is 48.5 Å². The minimum Gasteiger partial charge on any atom is -0.456 e. The Balaban J connectivity index is 2.26. The van der Waals surface area contributed by atoms with Crippen LogP contribution < -0.4 is 0 Å². The molecule has 0 heterocycles. The molecule has 120 valence electrons. The maximum atomic E-state index is 12.5. The summed E-state index contributed by atoms with van der Waals surface area (Å²) in [5, 5.41) is 0. The molecule has 0 N–H and O–H groups in total. The summed E-state index contributed by atoms with van der Waals surface area (Å²) >= 11 is 0. The molecule has 2 aromatic carbocycles. The van der Waals surface area contributed by atoms with Crippen molar-refractivity contribution in [2.45, 2.75) is 39.7 Å². The number of aryl methyl sites for hydroxylation is 1. The van der Waals surface area contributed by atoms with Crippen LogP contribution in [0.4, 0.5) is 0 Å². The Hall–Kier alpha value is -2.42. The van der Waals surface area contributed by atoms with E-state index in [-0.39, 0.29) is 12.2 Å². The van der Waals surface area contributed by atoms with Crippen molar-refractivity contribution in [3.8, 4) is 0 Å². The van der Waals surface area contributed by atoms with Gasteiger partial charge in [-0.05, 0) is 44.9 Å². The van der Waals surface area contributed by atoms with Crippen LogP contribution in [0, 0.1) is 6.92 Å². The van der Waals surface area contributed by atoms with Crippen molar-refractivity contribution in [2.75, 3.05) is 0 Å². The van der Waals surface area contributed by atoms with E-state index in [0.717, 1.165) is 5.56 Å². The highest BCUT2D eigenvalue weighted by Gasteiger charge is 2.21. The Morgan fingerprint density at radius 2 is 1.48 bits per heavy atom. The van der Waals surface area contributed by atoms with E-state index in [4.69, 9.17) is 4.74 Å². The van der Waals surface area contributed by atoms with Crippen LogP contribution in [0.3, 0.4) is 0 Å². The molecule has 0 amide bonds. The molecule has 0 saturated carbocycles. The van der Waals surface area contributed by atoms with Gasteiger partial charge in [0.15, 0.2) is 5.78 Å². The van der Waals surface area contributed by atoms with Crippen molar-refractivity contribution in [1.82, 2.24) is 0 Å². The first-order valence-corrected chi connectivity index (χ1v) is 7.68. The Labute approximate surface area is 137 Å². The molecule has 3 heteroatoms. The van der Waals surface area contributed by atoms with E-state index < -0.39 is 11.6 Å². The zero-order valence-corrected chi connectivity index (χ0v) is 14.1. The lowest BCUT2D eigenvalue weighted by atomic mass is 9.96. The molecule has 0 bridgehead atoms. The van der Waals surface area contributed by atoms with Crippen LogP contribution in [0.5, 0.6) is 0 Å². The van der Waals surface area contributed by atoms with E-state index in [1.165, 1.54) is 0 Å². The lowest BCUT2D eigenvalue weighted by Gasteiger charge is -2.20. The standard InChI is InChI=1S/C20H22O3/c1-14-9-5-7-11-16(14)18(21)13-15-10-6-8-12-17(15)19(22)23-20(2,3)4/h5-12H,13H2,1-4H3. The summed E-state index contributed by atoms with van der Waals surface area (Å²) in [4.78, 5) is 24.9. The highest BCUT2D eigenvalue weighted by Crippen LogP contribution is 2.18. The van der Waals surface area contributed by atoms with Crippen LogP contribution in [-0.4, -0.2) is 17.4 Å². The summed E-state index contributed by atoms with van der Waals surface area (Å²) in [7, 11) is 0. The van der Waals surface area contributed by atoms with Gasteiger partial charge in [0.25, 0.3) is 0 Å². The molecule has 0 aromatic heterocycles. The van der Waals surface area contributed by atoms with Gasteiger partial charge in [-0.25, -0.2) is 4.79 Å². The smallest absolute Gasteiger partial charge is 0.338 e. The Bertz CT molecular complexity index is 724. The van der Waals surface area contributed by atoms with Gasteiger partial charge in [-0.3, -0.25) is 4.79 Å². The molecule has 2 aromatic rings. The molecule has 0 saturated heterocycles. The van der Waals surface area contributed by atoms with Crippen LogP contribution in [-0.2, 0) is 11.2 Å². The van der Waals surface area contributed by atoms with E-state index in [1.54, 1.807) is 18.2 Å². The van der Waals surface area contributed by atoms with Crippen molar-refractivity contribution in [1.29, 1.82) is 0 Å². The zero-order valence-electron chi connectivity index (χ0n) is 14.1.